The van der Waals surface area contributed by atoms with Crippen LogP contribution in [0.3, 0.4) is 0 Å². The van der Waals surface area contributed by atoms with E-state index in [2.05, 4.69) is 10.3 Å². The van der Waals surface area contributed by atoms with Gasteiger partial charge in [-0.15, -0.1) is 11.3 Å². The van der Waals surface area contributed by atoms with Gasteiger partial charge < -0.3 is 5.32 Å². The van der Waals surface area contributed by atoms with Crippen LogP contribution in [0.4, 0.5) is 5.69 Å². The molecule has 0 saturated carbocycles. The third-order valence-corrected chi connectivity index (χ3v) is 6.02. The van der Waals surface area contributed by atoms with Gasteiger partial charge in [-0.1, -0.05) is 24.3 Å². The molecule has 0 spiro atoms. The number of fused-ring (bicyclic) bond motifs is 2. The molecule has 0 aliphatic rings. The zero-order valence-corrected chi connectivity index (χ0v) is 15.7. The van der Waals surface area contributed by atoms with Gasteiger partial charge in [0, 0.05) is 39.0 Å². The summed E-state index contributed by atoms with van der Waals surface area (Å²) in [7, 11) is -1.02. The minimum atomic E-state index is -1.02. The topological polar surface area (TPSA) is 59.1 Å². The summed E-state index contributed by atoms with van der Waals surface area (Å²) in [5.74, 6) is 0.198. The zero-order chi connectivity index (χ0) is 18.1. The molecule has 4 rings (SSSR count). The summed E-state index contributed by atoms with van der Waals surface area (Å²) < 4.78 is 12.8. The van der Waals surface area contributed by atoms with Crippen LogP contribution in [0.2, 0.25) is 0 Å². The molecule has 1 amide bonds. The van der Waals surface area contributed by atoms with E-state index < -0.39 is 10.8 Å². The van der Waals surface area contributed by atoms with E-state index in [9.17, 15) is 9.00 Å². The molecule has 4 aromatic rings. The number of aromatic nitrogens is 1. The van der Waals surface area contributed by atoms with Gasteiger partial charge in [-0.2, -0.15) is 0 Å². The monoisotopic (exact) mass is 380 g/mol. The first-order valence-electron chi connectivity index (χ1n) is 8.08. The second kappa shape index (κ2) is 6.97. The van der Waals surface area contributed by atoms with Crippen molar-refractivity contribution in [2.45, 2.75) is 5.75 Å². The minimum Gasteiger partial charge on any atom is -0.321 e. The summed E-state index contributed by atoms with van der Waals surface area (Å²) >= 11 is 1.44. The van der Waals surface area contributed by atoms with Crippen LogP contribution < -0.4 is 5.32 Å². The third-order valence-electron chi connectivity index (χ3n) is 4.11. The number of benzene rings is 2. The van der Waals surface area contributed by atoms with Gasteiger partial charge in [0.2, 0.25) is 0 Å². The summed E-state index contributed by atoms with van der Waals surface area (Å²) in [6.45, 7) is 0. The first-order chi connectivity index (χ1) is 12.6. The molecule has 4 nitrogen and oxygen atoms in total. The van der Waals surface area contributed by atoms with Gasteiger partial charge in [0.25, 0.3) is 5.91 Å². The Balaban J connectivity index is 1.71. The summed E-state index contributed by atoms with van der Waals surface area (Å²) in [5.41, 5.74) is 2.46. The highest BCUT2D eigenvalue weighted by Gasteiger charge is 2.19. The summed E-state index contributed by atoms with van der Waals surface area (Å²) in [5, 5.41) is 4.94. The van der Waals surface area contributed by atoms with Gasteiger partial charge in [0.1, 0.15) is 0 Å². The second-order valence-electron chi connectivity index (χ2n) is 5.99. The van der Waals surface area contributed by atoms with E-state index in [0.717, 1.165) is 32.2 Å². The van der Waals surface area contributed by atoms with Crippen LogP contribution in [-0.4, -0.2) is 21.4 Å². The van der Waals surface area contributed by atoms with Crippen molar-refractivity contribution in [2.24, 2.45) is 0 Å². The molecule has 0 aliphatic heterocycles. The standard InChI is InChI=1S/C20H16N2O2S2/c1-26(24)12-16-15-6-2-3-7-18(15)25-19(16)20(23)22-14-8-9-17-13(11-14)5-4-10-21-17/h2-11H,12H2,1H3,(H,22,23)/t26-/m0/s1. The Kier molecular flexibility index (Phi) is 4.53. The van der Waals surface area contributed by atoms with E-state index >= 15 is 0 Å². The Hall–Kier alpha value is -2.57. The lowest BCUT2D eigenvalue weighted by Gasteiger charge is -2.07. The van der Waals surface area contributed by atoms with Crippen molar-refractivity contribution in [1.82, 2.24) is 4.98 Å². The van der Waals surface area contributed by atoms with Gasteiger partial charge in [-0.3, -0.25) is 14.0 Å². The first-order valence-corrected chi connectivity index (χ1v) is 10.6. The lowest BCUT2D eigenvalue weighted by molar-refractivity contribution is 0.103. The second-order valence-corrected chi connectivity index (χ2v) is 8.48. The van der Waals surface area contributed by atoms with Crippen LogP contribution in [-0.2, 0) is 16.6 Å². The maximum absolute atomic E-state index is 12.9. The van der Waals surface area contributed by atoms with Gasteiger partial charge in [-0.25, -0.2) is 0 Å². The number of nitrogens with one attached hydrogen (secondary N) is 1. The molecule has 2 aromatic heterocycles. The van der Waals surface area contributed by atoms with E-state index in [4.69, 9.17) is 0 Å². The van der Waals surface area contributed by atoms with Crippen LogP contribution >= 0.6 is 11.3 Å². The predicted octanol–water partition coefficient (Wildman–Crippen LogP) is 4.58. The molecule has 1 N–H and O–H groups in total. The molecule has 0 radical (unpaired) electrons. The van der Waals surface area contributed by atoms with E-state index in [1.54, 1.807) is 12.5 Å². The highest BCUT2D eigenvalue weighted by Crippen LogP contribution is 2.33. The highest BCUT2D eigenvalue weighted by atomic mass is 32.2. The Morgan fingerprint density at radius 3 is 2.85 bits per heavy atom. The van der Waals surface area contributed by atoms with E-state index in [-0.39, 0.29) is 5.91 Å². The van der Waals surface area contributed by atoms with Gasteiger partial charge in [-0.05, 0) is 41.3 Å². The molecule has 6 heteroatoms. The average molecular weight is 380 g/mol. The smallest absolute Gasteiger partial charge is 0.266 e. The number of carbonyl (C=O) groups is 1. The Morgan fingerprint density at radius 2 is 2.00 bits per heavy atom. The zero-order valence-electron chi connectivity index (χ0n) is 14.1. The van der Waals surface area contributed by atoms with Gasteiger partial charge in [0.05, 0.1) is 16.1 Å². The maximum atomic E-state index is 12.9. The lowest BCUT2D eigenvalue weighted by Crippen LogP contribution is -2.12. The third kappa shape index (κ3) is 3.25. The average Bonchev–Trinajstić information content (AvgIpc) is 3.00. The Morgan fingerprint density at radius 1 is 1.15 bits per heavy atom. The molecule has 0 fully saturated rings. The molecule has 0 aliphatic carbocycles. The highest BCUT2D eigenvalue weighted by molar-refractivity contribution is 7.83. The quantitative estimate of drug-likeness (QED) is 0.564. The summed E-state index contributed by atoms with van der Waals surface area (Å²) in [6, 6.07) is 17.3. The molecule has 0 unspecified atom stereocenters. The number of anilines is 1. The maximum Gasteiger partial charge on any atom is 0.266 e. The number of thiophene rings is 1. The van der Waals surface area contributed by atoms with Crippen molar-refractivity contribution in [3.05, 3.63) is 71.2 Å². The van der Waals surface area contributed by atoms with Crippen molar-refractivity contribution in [3.8, 4) is 0 Å². The number of rotatable bonds is 4. The summed E-state index contributed by atoms with van der Waals surface area (Å²) in [6.07, 6.45) is 3.40. The SMILES string of the molecule is C[S@](=O)Cc1c(C(=O)Nc2ccc3ncccc3c2)sc2ccccc12. The van der Waals surface area contributed by atoms with E-state index in [1.807, 2.05) is 54.6 Å². The lowest BCUT2D eigenvalue weighted by atomic mass is 10.1. The van der Waals surface area contributed by atoms with Gasteiger partial charge in [0.15, 0.2) is 0 Å². The van der Waals surface area contributed by atoms with Gasteiger partial charge >= 0.3 is 0 Å². The molecule has 2 heterocycles. The minimum absolute atomic E-state index is 0.171. The fourth-order valence-corrected chi connectivity index (χ4v) is 4.88. The Bertz CT molecular complexity index is 1150. The van der Waals surface area contributed by atoms with Crippen molar-refractivity contribution in [3.63, 3.8) is 0 Å². The fourth-order valence-electron chi connectivity index (χ4n) is 2.97. The number of amides is 1. The number of hydrogen-bond acceptors (Lipinski definition) is 4. The van der Waals surface area contributed by atoms with E-state index in [0.29, 0.717) is 10.6 Å². The van der Waals surface area contributed by atoms with Crippen LogP contribution in [0.1, 0.15) is 15.2 Å². The summed E-state index contributed by atoms with van der Waals surface area (Å²) in [4.78, 5) is 17.8. The number of nitrogens with zero attached hydrogens (tertiary/aromatic N) is 1. The molecule has 26 heavy (non-hydrogen) atoms. The van der Waals surface area contributed by atoms with Crippen molar-refractivity contribution in [1.29, 1.82) is 0 Å². The van der Waals surface area contributed by atoms with Crippen LogP contribution in [0, 0.1) is 0 Å². The first kappa shape index (κ1) is 16.9. The van der Waals surface area contributed by atoms with Crippen LogP contribution in [0.15, 0.2) is 60.8 Å². The number of pyridine rings is 1. The largest absolute Gasteiger partial charge is 0.321 e. The molecular formula is C20H16N2O2S2. The van der Waals surface area contributed by atoms with Crippen molar-refractivity contribution >= 4 is 54.7 Å². The predicted molar refractivity (Wildman–Crippen MR) is 109 cm³/mol. The normalized spacial score (nSPS) is 12.3. The van der Waals surface area contributed by atoms with Crippen molar-refractivity contribution < 1.29 is 9.00 Å². The molecule has 0 bridgehead atoms. The fraction of sp³-hybridized carbons (Fsp3) is 0.100. The molecule has 130 valence electrons. The molecule has 0 saturated heterocycles. The Labute approximate surface area is 157 Å². The number of hydrogen-bond donors (Lipinski definition) is 1. The van der Waals surface area contributed by atoms with E-state index in [1.165, 1.54) is 11.3 Å². The van der Waals surface area contributed by atoms with Crippen LogP contribution in [0.5, 0.6) is 0 Å². The van der Waals surface area contributed by atoms with Crippen molar-refractivity contribution in [2.75, 3.05) is 11.6 Å². The molecule has 1 atom stereocenters. The number of carbonyl (C=O) groups excluding carboxylic acids is 1. The van der Waals surface area contributed by atoms with Crippen LogP contribution in [0.25, 0.3) is 21.0 Å². The molecular weight excluding hydrogens is 364 g/mol. The molecule has 2 aromatic carbocycles.